The zero-order valence-electron chi connectivity index (χ0n) is 8.62. The molecule has 1 heterocycles. The van der Waals surface area contributed by atoms with E-state index in [9.17, 15) is 0 Å². The normalized spacial score (nSPS) is 24.4. The van der Waals surface area contributed by atoms with Crippen molar-refractivity contribution < 1.29 is 4.74 Å². The first-order valence-corrected chi connectivity index (χ1v) is 4.89. The van der Waals surface area contributed by atoms with Crippen molar-refractivity contribution in [2.24, 2.45) is 5.73 Å². The molecule has 1 atom stereocenters. The smallest absolute Gasteiger partial charge is 0.0824 e. The molecule has 3 nitrogen and oxygen atoms in total. The number of rotatable bonds is 3. The van der Waals surface area contributed by atoms with Crippen LogP contribution in [0.2, 0.25) is 0 Å². The molecule has 1 rings (SSSR count). The minimum atomic E-state index is 0.235. The number of nitrogens with two attached hydrogens (primary N) is 1. The van der Waals surface area contributed by atoms with E-state index in [4.69, 9.17) is 10.5 Å². The van der Waals surface area contributed by atoms with Crippen LogP contribution >= 0.6 is 0 Å². The fourth-order valence-electron chi connectivity index (χ4n) is 1.40. The molecule has 0 amide bonds. The van der Waals surface area contributed by atoms with Crippen LogP contribution in [0.15, 0.2) is 11.6 Å². The summed E-state index contributed by atoms with van der Waals surface area (Å²) in [6, 6.07) is 0. The van der Waals surface area contributed by atoms with Gasteiger partial charge in [0.25, 0.3) is 0 Å². The van der Waals surface area contributed by atoms with E-state index in [0.717, 1.165) is 26.2 Å². The van der Waals surface area contributed by atoms with Gasteiger partial charge < -0.3 is 10.5 Å². The van der Waals surface area contributed by atoms with Crippen molar-refractivity contribution in [2.75, 3.05) is 32.8 Å². The van der Waals surface area contributed by atoms with Crippen LogP contribution in [0.25, 0.3) is 0 Å². The molecule has 0 aromatic carbocycles. The molecular formula is C10H20N2O. The second-order valence-electron chi connectivity index (χ2n) is 3.77. The highest BCUT2D eigenvalue weighted by molar-refractivity contribution is 4.95. The molecule has 1 fully saturated rings. The Morgan fingerprint density at radius 1 is 1.62 bits per heavy atom. The lowest BCUT2D eigenvalue weighted by Crippen LogP contribution is -2.45. The number of hydrogen-bond donors (Lipinski definition) is 1. The molecule has 0 radical (unpaired) electrons. The van der Waals surface area contributed by atoms with Crippen molar-refractivity contribution >= 4 is 0 Å². The molecule has 0 aromatic heterocycles. The Morgan fingerprint density at radius 3 is 3.00 bits per heavy atom. The predicted molar refractivity (Wildman–Crippen MR) is 54.7 cm³/mol. The summed E-state index contributed by atoms with van der Waals surface area (Å²) in [6.45, 7) is 8.73. The summed E-state index contributed by atoms with van der Waals surface area (Å²) in [5, 5.41) is 0. The molecule has 1 aliphatic heterocycles. The van der Waals surface area contributed by atoms with Gasteiger partial charge in [-0.1, -0.05) is 11.6 Å². The van der Waals surface area contributed by atoms with Gasteiger partial charge >= 0.3 is 0 Å². The molecule has 1 unspecified atom stereocenters. The largest absolute Gasteiger partial charge is 0.374 e. The van der Waals surface area contributed by atoms with Crippen LogP contribution in [-0.2, 0) is 4.74 Å². The Morgan fingerprint density at radius 2 is 2.38 bits per heavy atom. The van der Waals surface area contributed by atoms with Gasteiger partial charge in [0.1, 0.15) is 0 Å². The Kier molecular flexibility index (Phi) is 4.42. The summed E-state index contributed by atoms with van der Waals surface area (Å²) in [7, 11) is 0. The predicted octanol–water partition coefficient (Wildman–Crippen LogP) is 0.612. The molecule has 0 bridgehead atoms. The maximum absolute atomic E-state index is 5.55. The molecule has 1 aliphatic rings. The summed E-state index contributed by atoms with van der Waals surface area (Å²) in [5.41, 5.74) is 6.93. The minimum Gasteiger partial charge on any atom is -0.374 e. The van der Waals surface area contributed by atoms with Crippen LogP contribution < -0.4 is 5.73 Å². The van der Waals surface area contributed by atoms with E-state index in [0.29, 0.717) is 6.54 Å². The second kappa shape index (κ2) is 5.37. The lowest BCUT2D eigenvalue weighted by molar-refractivity contribution is -0.0191. The molecular weight excluding hydrogens is 164 g/mol. The molecule has 1 saturated heterocycles. The van der Waals surface area contributed by atoms with Gasteiger partial charge in [-0.3, -0.25) is 4.90 Å². The first-order chi connectivity index (χ1) is 6.22. The SMILES string of the molecule is CC(C)=CCN1CCOC(CN)C1. The van der Waals surface area contributed by atoms with Crippen LogP contribution in [0.4, 0.5) is 0 Å². The third kappa shape index (κ3) is 3.89. The van der Waals surface area contributed by atoms with Crippen LogP contribution in [-0.4, -0.2) is 43.8 Å². The van der Waals surface area contributed by atoms with Crippen molar-refractivity contribution in [3.05, 3.63) is 11.6 Å². The van der Waals surface area contributed by atoms with E-state index in [1.807, 2.05) is 0 Å². The standard InChI is InChI=1S/C10H20N2O/c1-9(2)3-4-12-5-6-13-10(7-11)8-12/h3,10H,4-8,11H2,1-2H3. The van der Waals surface area contributed by atoms with Gasteiger partial charge in [-0.25, -0.2) is 0 Å². The Hall–Kier alpha value is -0.380. The molecule has 3 heteroatoms. The number of ether oxygens (including phenoxy) is 1. The van der Waals surface area contributed by atoms with E-state index in [1.54, 1.807) is 0 Å². The molecule has 0 spiro atoms. The van der Waals surface area contributed by atoms with E-state index in [1.165, 1.54) is 5.57 Å². The van der Waals surface area contributed by atoms with E-state index >= 15 is 0 Å². The monoisotopic (exact) mass is 184 g/mol. The van der Waals surface area contributed by atoms with Gasteiger partial charge in [0.2, 0.25) is 0 Å². The van der Waals surface area contributed by atoms with Crippen LogP contribution in [0, 0.1) is 0 Å². The van der Waals surface area contributed by atoms with Gasteiger partial charge in [-0.15, -0.1) is 0 Å². The van der Waals surface area contributed by atoms with Crippen LogP contribution in [0.3, 0.4) is 0 Å². The Labute approximate surface area is 80.5 Å². The van der Waals surface area contributed by atoms with Gasteiger partial charge in [0.15, 0.2) is 0 Å². The summed E-state index contributed by atoms with van der Waals surface area (Å²) >= 11 is 0. The second-order valence-corrected chi connectivity index (χ2v) is 3.77. The molecule has 0 aromatic rings. The molecule has 13 heavy (non-hydrogen) atoms. The fraction of sp³-hybridized carbons (Fsp3) is 0.800. The third-order valence-corrected chi connectivity index (χ3v) is 2.24. The van der Waals surface area contributed by atoms with Gasteiger partial charge in [-0.2, -0.15) is 0 Å². The number of nitrogens with zero attached hydrogens (tertiary/aromatic N) is 1. The Bertz CT molecular complexity index is 176. The quantitative estimate of drug-likeness (QED) is 0.653. The molecule has 0 saturated carbocycles. The van der Waals surface area contributed by atoms with Gasteiger partial charge in [-0.05, 0) is 13.8 Å². The number of hydrogen-bond acceptors (Lipinski definition) is 3. The molecule has 2 N–H and O–H groups in total. The van der Waals surface area contributed by atoms with E-state index in [2.05, 4.69) is 24.8 Å². The summed E-state index contributed by atoms with van der Waals surface area (Å²) in [4.78, 5) is 2.38. The average Bonchev–Trinajstić information content (AvgIpc) is 2.15. The highest BCUT2D eigenvalue weighted by Gasteiger charge is 2.17. The van der Waals surface area contributed by atoms with Gasteiger partial charge in [0.05, 0.1) is 12.7 Å². The zero-order valence-corrected chi connectivity index (χ0v) is 8.62. The maximum Gasteiger partial charge on any atom is 0.0824 e. The zero-order chi connectivity index (χ0) is 9.68. The fourth-order valence-corrected chi connectivity index (χ4v) is 1.40. The van der Waals surface area contributed by atoms with Crippen LogP contribution in [0.1, 0.15) is 13.8 Å². The summed E-state index contributed by atoms with van der Waals surface area (Å²) in [5.74, 6) is 0. The molecule has 0 aliphatic carbocycles. The van der Waals surface area contributed by atoms with E-state index in [-0.39, 0.29) is 6.10 Å². The summed E-state index contributed by atoms with van der Waals surface area (Å²) in [6.07, 6.45) is 2.48. The Balaban J connectivity index is 2.30. The molecule has 76 valence electrons. The number of allylic oxidation sites excluding steroid dienone is 1. The van der Waals surface area contributed by atoms with Crippen molar-refractivity contribution in [2.45, 2.75) is 20.0 Å². The highest BCUT2D eigenvalue weighted by Crippen LogP contribution is 2.04. The first kappa shape index (κ1) is 10.7. The average molecular weight is 184 g/mol. The lowest BCUT2D eigenvalue weighted by atomic mass is 10.2. The van der Waals surface area contributed by atoms with Crippen molar-refractivity contribution in [3.8, 4) is 0 Å². The first-order valence-electron chi connectivity index (χ1n) is 4.89. The topological polar surface area (TPSA) is 38.5 Å². The lowest BCUT2D eigenvalue weighted by Gasteiger charge is -2.31. The van der Waals surface area contributed by atoms with Crippen LogP contribution in [0.5, 0.6) is 0 Å². The van der Waals surface area contributed by atoms with Crippen molar-refractivity contribution in [3.63, 3.8) is 0 Å². The van der Waals surface area contributed by atoms with E-state index < -0.39 is 0 Å². The summed E-state index contributed by atoms with van der Waals surface area (Å²) < 4.78 is 5.48. The van der Waals surface area contributed by atoms with Crippen molar-refractivity contribution in [1.29, 1.82) is 0 Å². The third-order valence-electron chi connectivity index (χ3n) is 2.24. The minimum absolute atomic E-state index is 0.235. The van der Waals surface area contributed by atoms with Crippen molar-refractivity contribution in [1.82, 2.24) is 4.90 Å². The van der Waals surface area contributed by atoms with Gasteiger partial charge in [0, 0.05) is 26.2 Å². The number of morpholine rings is 1. The maximum atomic E-state index is 5.55. The highest BCUT2D eigenvalue weighted by atomic mass is 16.5.